The van der Waals surface area contributed by atoms with Gasteiger partial charge >= 0.3 is 12.0 Å². The highest BCUT2D eigenvalue weighted by atomic mass is 16.5. The van der Waals surface area contributed by atoms with Gasteiger partial charge in [0.25, 0.3) is 0 Å². The Hall–Kier alpha value is -1.71. The second-order valence-electron chi connectivity index (χ2n) is 4.62. The van der Waals surface area contributed by atoms with Crippen molar-refractivity contribution in [2.75, 3.05) is 46.5 Å². The Morgan fingerprint density at radius 2 is 2.19 bits per heavy atom. The first-order chi connectivity index (χ1) is 10.0. The summed E-state index contributed by atoms with van der Waals surface area (Å²) in [5, 5.41) is 13.4. The number of morpholine rings is 1. The second-order valence-corrected chi connectivity index (χ2v) is 4.62. The highest BCUT2D eigenvalue weighted by Crippen LogP contribution is 2.08. The van der Waals surface area contributed by atoms with Crippen molar-refractivity contribution >= 4 is 17.9 Å². The third-order valence-corrected chi connectivity index (χ3v) is 2.84. The number of hydrogen-bond donors (Lipinski definition) is 3. The zero-order valence-corrected chi connectivity index (χ0v) is 12.0. The van der Waals surface area contributed by atoms with Gasteiger partial charge in [-0.1, -0.05) is 0 Å². The van der Waals surface area contributed by atoms with Gasteiger partial charge in [-0.05, 0) is 0 Å². The van der Waals surface area contributed by atoms with Crippen molar-refractivity contribution in [3.63, 3.8) is 0 Å². The van der Waals surface area contributed by atoms with Crippen LogP contribution in [0.4, 0.5) is 4.79 Å². The molecule has 0 spiro atoms. The van der Waals surface area contributed by atoms with Crippen molar-refractivity contribution in [3.05, 3.63) is 0 Å². The minimum Gasteiger partial charge on any atom is -0.481 e. The van der Waals surface area contributed by atoms with E-state index in [1.165, 1.54) is 7.11 Å². The van der Waals surface area contributed by atoms with Crippen LogP contribution in [0.3, 0.4) is 0 Å². The number of ether oxygens (including phenoxy) is 2. The Labute approximate surface area is 122 Å². The summed E-state index contributed by atoms with van der Waals surface area (Å²) in [4.78, 5) is 35.4. The number of nitrogens with one attached hydrogen (secondary N) is 2. The zero-order valence-electron chi connectivity index (χ0n) is 12.0. The lowest BCUT2D eigenvalue weighted by molar-refractivity contribution is -0.142. The number of hydrogen-bond acceptors (Lipinski definition) is 6. The zero-order chi connectivity index (χ0) is 15.7. The van der Waals surface area contributed by atoms with Gasteiger partial charge in [-0.2, -0.15) is 0 Å². The smallest absolute Gasteiger partial charge is 0.321 e. The van der Waals surface area contributed by atoms with E-state index in [2.05, 4.69) is 10.6 Å². The lowest BCUT2D eigenvalue weighted by atomic mass is 10.2. The molecule has 120 valence electrons. The van der Waals surface area contributed by atoms with Gasteiger partial charge in [0.1, 0.15) is 0 Å². The van der Waals surface area contributed by atoms with Crippen molar-refractivity contribution in [1.82, 2.24) is 15.5 Å². The van der Waals surface area contributed by atoms with Crippen molar-refractivity contribution in [2.24, 2.45) is 0 Å². The summed E-state index contributed by atoms with van der Waals surface area (Å²) in [5.74, 6) is -1.38. The first kappa shape index (κ1) is 17.3. The Bertz CT molecular complexity index is 376. The van der Waals surface area contributed by atoms with E-state index in [1.54, 1.807) is 4.90 Å². The molecule has 3 N–H and O–H groups in total. The maximum atomic E-state index is 11.7. The second kappa shape index (κ2) is 9.27. The molecule has 9 nitrogen and oxygen atoms in total. The molecule has 0 bridgehead atoms. The summed E-state index contributed by atoms with van der Waals surface area (Å²) in [6.45, 7) is 1.94. The predicted octanol–water partition coefficient (Wildman–Crippen LogP) is -1.37. The number of methoxy groups -OCH3 is 1. The fraction of sp³-hybridized carbons (Fsp3) is 0.750. The number of carbonyl (C=O) groups is 3. The SMILES string of the molecule is COCCNC(=O)NC(=O)CN1CCOC(CC(=O)O)C1. The quantitative estimate of drug-likeness (QED) is 0.497. The predicted molar refractivity (Wildman–Crippen MR) is 71.9 cm³/mol. The van der Waals surface area contributed by atoms with E-state index in [9.17, 15) is 14.4 Å². The van der Waals surface area contributed by atoms with Crippen molar-refractivity contribution in [3.8, 4) is 0 Å². The van der Waals surface area contributed by atoms with Crippen LogP contribution >= 0.6 is 0 Å². The number of carboxylic acids is 1. The number of nitrogens with zero attached hydrogens (tertiary/aromatic N) is 1. The van der Waals surface area contributed by atoms with E-state index >= 15 is 0 Å². The fourth-order valence-corrected chi connectivity index (χ4v) is 1.92. The number of aliphatic carboxylic acids is 1. The van der Waals surface area contributed by atoms with E-state index in [4.69, 9.17) is 14.6 Å². The van der Waals surface area contributed by atoms with Gasteiger partial charge in [0, 0.05) is 26.7 Å². The third-order valence-electron chi connectivity index (χ3n) is 2.84. The van der Waals surface area contributed by atoms with Gasteiger partial charge in [-0.25, -0.2) is 4.79 Å². The molecule has 0 aliphatic carbocycles. The molecule has 1 aliphatic rings. The topological polar surface area (TPSA) is 117 Å². The van der Waals surface area contributed by atoms with Crippen LogP contribution in [0.15, 0.2) is 0 Å². The summed E-state index contributed by atoms with van der Waals surface area (Å²) in [6.07, 6.45) is -0.533. The molecular weight excluding hydrogens is 282 g/mol. The molecule has 1 heterocycles. The maximum absolute atomic E-state index is 11.7. The van der Waals surface area contributed by atoms with Gasteiger partial charge in [0.05, 0.1) is 32.3 Å². The van der Waals surface area contributed by atoms with Crippen LogP contribution < -0.4 is 10.6 Å². The standard InChI is InChI=1S/C12H21N3O6/c1-20-4-2-13-12(19)14-10(16)8-15-3-5-21-9(7-15)6-11(17)18/h9H,2-8H2,1H3,(H,17,18)(H2,13,14,16,19). The van der Waals surface area contributed by atoms with E-state index in [0.717, 1.165) is 0 Å². The number of amides is 3. The van der Waals surface area contributed by atoms with Crippen LogP contribution in [0, 0.1) is 0 Å². The summed E-state index contributed by atoms with van der Waals surface area (Å²) in [6, 6.07) is -0.576. The monoisotopic (exact) mass is 303 g/mol. The lowest BCUT2D eigenvalue weighted by Gasteiger charge is -2.31. The Morgan fingerprint density at radius 1 is 1.43 bits per heavy atom. The van der Waals surface area contributed by atoms with Crippen LogP contribution in [-0.4, -0.2) is 80.5 Å². The third kappa shape index (κ3) is 7.59. The lowest BCUT2D eigenvalue weighted by Crippen LogP contribution is -2.49. The van der Waals surface area contributed by atoms with Crippen molar-refractivity contribution in [2.45, 2.75) is 12.5 Å². The highest BCUT2D eigenvalue weighted by Gasteiger charge is 2.24. The first-order valence-electron chi connectivity index (χ1n) is 6.63. The van der Waals surface area contributed by atoms with Crippen LogP contribution in [0.25, 0.3) is 0 Å². The molecule has 1 atom stereocenters. The summed E-state index contributed by atoms with van der Waals surface area (Å²) in [5.41, 5.74) is 0. The molecule has 0 saturated carbocycles. The molecule has 3 amide bonds. The maximum Gasteiger partial charge on any atom is 0.321 e. The molecule has 0 aromatic rings. The van der Waals surface area contributed by atoms with Crippen molar-refractivity contribution in [1.29, 1.82) is 0 Å². The van der Waals surface area contributed by atoms with Crippen LogP contribution in [-0.2, 0) is 19.1 Å². The first-order valence-corrected chi connectivity index (χ1v) is 6.63. The normalized spacial score (nSPS) is 19.0. The fourth-order valence-electron chi connectivity index (χ4n) is 1.92. The van der Waals surface area contributed by atoms with Crippen molar-refractivity contribution < 1.29 is 29.0 Å². The summed E-state index contributed by atoms with van der Waals surface area (Å²) in [7, 11) is 1.51. The molecule has 9 heteroatoms. The van der Waals surface area contributed by atoms with E-state index in [-0.39, 0.29) is 13.0 Å². The average molecular weight is 303 g/mol. The molecule has 1 fully saturated rings. The molecule has 0 aromatic heterocycles. The van der Waals surface area contributed by atoms with Crippen LogP contribution in [0.5, 0.6) is 0 Å². The molecule has 0 radical (unpaired) electrons. The van der Waals surface area contributed by atoms with E-state index in [1.807, 2.05) is 0 Å². The van der Waals surface area contributed by atoms with Crippen LogP contribution in [0.1, 0.15) is 6.42 Å². The molecule has 1 saturated heterocycles. The minimum absolute atomic E-state index is 0.0250. The molecule has 0 aromatic carbocycles. The molecule has 1 aliphatic heterocycles. The Balaban J connectivity index is 2.26. The van der Waals surface area contributed by atoms with Gasteiger partial charge in [-0.15, -0.1) is 0 Å². The highest BCUT2D eigenvalue weighted by molar-refractivity contribution is 5.95. The molecule has 1 rings (SSSR count). The molecular formula is C12H21N3O6. The molecule has 21 heavy (non-hydrogen) atoms. The molecule has 1 unspecified atom stereocenters. The average Bonchev–Trinajstić information content (AvgIpc) is 2.38. The number of carboxylic acid groups (broad SMARTS) is 1. The van der Waals surface area contributed by atoms with E-state index in [0.29, 0.717) is 32.8 Å². The minimum atomic E-state index is -0.941. The number of carbonyl (C=O) groups excluding carboxylic acids is 2. The summed E-state index contributed by atoms with van der Waals surface area (Å²) < 4.78 is 10.1. The van der Waals surface area contributed by atoms with E-state index < -0.39 is 24.0 Å². The Morgan fingerprint density at radius 3 is 2.86 bits per heavy atom. The van der Waals surface area contributed by atoms with Crippen LogP contribution in [0.2, 0.25) is 0 Å². The Kier molecular flexibility index (Phi) is 7.65. The number of urea groups is 1. The summed E-state index contributed by atoms with van der Waals surface area (Å²) >= 11 is 0. The largest absolute Gasteiger partial charge is 0.481 e. The van der Waals surface area contributed by atoms with Gasteiger partial charge in [0.2, 0.25) is 5.91 Å². The van der Waals surface area contributed by atoms with Gasteiger partial charge in [0.15, 0.2) is 0 Å². The number of imide groups is 1. The van der Waals surface area contributed by atoms with Gasteiger partial charge in [-0.3, -0.25) is 19.8 Å². The number of rotatable bonds is 7. The van der Waals surface area contributed by atoms with Gasteiger partial charge < -0.3 is 19.9 Å².